The molecule has 0 amide bonds. The van der Waals surface area contributed by atoms with Crippen molar-refractivity contribution in [2.75, 3.05) is 26.4 Å². The fourth-order valence-electron chi connectivity index (χ4n) is 7.22. The summed E-state index contributed by atoms with van der Waals surface area (Å²) in [5.41, 5.74) is 7.88. The van der Waals surface area contributed by atoms with Crippen molar-refractivity contribution in [3.8, 4) is 0 Å². The second-order valence-corrected chi connectivity index (χ2v) is 17.0. The summed E-state index contributed by atoms with van der Waals surface area (Å²) in [5, 5.41) is 20.7. The standard InChI is InChI=1S/C43H74NO12P/c1-5-7-14-20-34(45)25-26-37-36(38(46)29-39(37)47)21-15-12-13-17-23-42(48)52-30-35(31-54-57(50,51)53-28-27-44)55-43(49)24-18-11-9-8-10-16-22-41-33(4)32(3)40(56-41)19-6-2/h25-26,34-37,39,45,47H,5-24,27-31,44H2,1-4H3,(H,50,51)/b26-25+/t34-,35+,36+,37+,39+/m0/s1. The highest BCUT2D eigenvalue weighted by Crippen LogP contribution is 2.43. The van der Waals surface area contributed by atoms with Crippen molar-refractivity contribution in [3.63, 3.8) is 0 Å². The number of carbonyl (C=O) groups is 3. The molecule has 1 aliphatic carbocycles. The summed E-state index contributed by atoms with van der Waals surface area (Å²) in [6, 6.07) is 0. The van der Waals surface area contributed by atoms with Crippen LogP contribution in [0.2, 0.25) is 0 Å². The van der Waals surface area contributed by atoms with Gasteiger partial charge in [0.1, 0.15) is 23.9 Å². The summed E-state index contributed by atoms with van der Waals surface area (Å²) >= 11 is 0. The van der Waals surface area contributed by atoms with Gasteiger partial charge in [-0.25, -0.2) is 4.57 Å². The molecule has 1 aliphatic rings. The van der Waals surface area contributed by atoms with Crippen LogP contribution in [-0.4, -0.2) is 77.5 Å². The first-order valence-corrected chi connectivity index (χ1v) is 23.1. The highest BCUT2D eigenvalue weighted by Gasteiger charge is 2.39. The average molecular weight is 828 g/mol. The minimum Gasteiger partial charge on any atom is -0.466 e. The molecule has 1 aromatic rings. The van der Waals surface area contributed by atoms with Crippen LogP contribution in [-0.2, 0) is 50.3 Å². The fourth-order valence-corrected chi connectivity index (χ4v) is 7.99. The van der Waals surface area contributed by atoms with E-state index >= 15 is 0 Å². The van der Waals surface area contributed by atoms with Gasteiger partial charge in [-0.05, 0) is 63.5 Å². The summed E-state index contributed by atoms with van der Waals surface area (Å²) in [6.45, 7) is 7.48. The van der Waals surface area contributed by atoms with Crippen LogP contribution in [0.15, 0.2) is 16.6 Å². The minimum absolute atomic E-state index is 0.0110. The van der Waals surface area contributed by atoms with Crippen LogP contribution in [0.3, 0.4) is 0 Å². The van der Waals surface area contributed by atoms with Crippen LogP contribution in [0.1, 0.15) is 158 Å². The predicted molar refractivity (Wildman–Crippen MR) is 219 cm³/mol. The summed E-state index contributed by atoms with van der Waals surface area (Å²) in [4.78, 5) is 47.7. The molecule has 0 radical (unpaired) electrons. The van der Waals surface area contributed by atoms with E-state index in [1.54, 1.807) is 6.08 Å². The van der Waals surface area contributed by atoms with E-state index < -0.39 is 44.7 Å². The van der Waals surface area contributed by atoms with Crippen LogP contribution in [0.25, 0.3) is 0 Å². The van der Waals surface area contributed by atoms with Gasteiger partial charge in [0.2, 0.25) is 0 Å². The number of phosphoric acid groups is 1. The van der Waals surface area contributed by atoms with E-state index in [4.69, 9.17) is 28.7 Å². The molecule has 1 saturated carbocycles. The normalized spacial score (nSPS) is 19.2. The first-order valence-electron chi connectivity index (χ1n) is 21.6. The molecule has 0 aromatic carbocycles. The number of carbonyl (C=O) groups excluding carboxylic acids is 3. The molecule has 57 heavy (non-hydrogen) atoms. The van der Waals surface area contributed by atoms with E-state index in [2.05, 4.69) is 27.7 Å². The van der Waals surface area contributed by atoms with Crippen LogP contribution in [0.5, 0.6) is 0 Å². The first kappa shape index (κ1) is 50.8. The van der Waals surface area contributed by atoms with E-state index in [0.717, 1.165) is 101 Å². The maximum absolute atomic E-state index is 12.7. The molecule has 13 nitrogen and oxygen atoms in total. The molecular weight excluding hydrogens is 753 g/mol. The Hall–Kier alpha value is -2.38. The maximum Gasteiger partial charge on any atom is 0.472 e. The number of ether oxygens (including phenoxy) is 2. The summed E-state index contributed by atoms with van der Waals surface area (Å²) < 4.78 is 38.9. The van der Waals surface area contributed by atoms with Gasteiger partial charge in [0.15, 0.2) is 6.10 Å². The Balaban J connectivity index is 1.70. The number of phosphoric ester groups is 1. The first-order chi connectivity index (χ1) is 27.3. The van der Waals surface area contributed by atoms with Gasteiger partial charge in [0.25, 0.3) is 0 Å². The van der Waals surface area contributed by atoms with E-state index in [1.807, 2.05) is 6.08 Å². The van der Waals surface area contributed by atoms with Gasteiger partial charge in [0.05, 0.1) is 25.4 Å². The van der Waals surface area contributed by atoms with Gasteiger partial charge < -0.3 is 34.7 Å². The number of nitrogens with two attached hydrogens (primary N) is 1. The van der Waals surface area contributed by atoms with E-state index in [1.165, 1.54) is 11.1 Å². The molecule has 14 heteroatoms. The Morgan fingerprint density at radius 1 is 0.860 bits per heavy atom. The lowest BCUT2D eigenvalue weighted by Gasteiger charge is -2.20. The number of aliphatic hydroxyl groups is 2. The second kappa shape index (κ2) is 28.9. The lowest BCUT2D eigenvalue weighted by Crippen LogP contribution is -2.29. The number of esters is 2. The topological polar surface area (TPSA) is 205 Å². The van der Waals surface area contributed by atoms with Crippen LogP contribution in [0, 0.1) is 25.7 Å². The Bertz CT molecular complexity index is 1380. The third-order valence-electron chi connectivity index (χ3n) is 10.7. The molecular formula is C43H74NO12P. The number of hydrogen-bond acceptors (Lipinski definition) is 12. The van der Waals surface area contributed by atoms with E-state index in [9.17, 15) is 34.1 Å². The third kappa shape index (κ3) is 20.9. The zero-order valence-electron chi connectivity index (χ0n) is 35.3. The Morgan fingerprint density at radius 2 is 1.49 bits per heavy atom. The highest BCUT2D eigenvalue weighted by molar-refractivity contribution is 7.47. The van der Waals surface area contributed by atoms with Gasteiger partial charge in [-0.15, -0.1) is 0 Å². The van der Waals surface area contributed by atoms with Gasteiger partial charge in [-0.3, -0.25) is 23.4 Å². The lowest BCUT2D eigenvalue weighted by atomic mass is 9.88. The van der Waals surface area contributed by atoms with Crippen molar-refractivity contribution in [2.45, 2.75) is 181 Å². The van der Waals surface area contributed by atoms with Crippen molar-refractivity contribution < 1.29 is 57.0 Å². The molecule has 2 rings (SSSR count). The Labute approximate surface area is 341 Å². The molecule has 0 aliphatic heterocycles. The van der Waals surface area contributed by atoms with Crippen molar-refractivity contribution in [3.05, 3.63) is 34.8 Å². The fraction of sp³-hybridized carbons (Fsp3) is 0.791. The van der Waals surface area contributed by atoms with Crippen molar-refractivity contribution in [2.24, 2.45) is 17.6 Å². The van der Waals surface area contributed by atoms with Gasteiger partial charge >= 0.3 is 19.8 Å². The molecule has 0 saturated heterocycles. The third-order valence-corrected chi connectivity index (χ3v) is 11.7. The maximum atomic E-state index is 12.7. The summed E-state index contributed by atoms with van der Waals surface area (Å²) in [5.74, 6) is 0.637. The molecule has 6 atom stereocenters. The Kier molecular flexibility index (Phi) is 25.8. The predicted octanol–water partition coefficient (Wildman–Crippen LogP) is 8.07. The number of unbranched alkanes of at least 4 members (excludes halogenated alkanes) is 10. The summed E-state index contributed by atoms with van der Waals surface area (Å²) in [6.07, 6.45) is 17.3. The number of aliphatic hydroxyl groups excluding tert-OH is 2. The van der Waals surface area contributed by atoms with Crippen LogP contribution < -0.4 is 5.73 Å². The smallest absolute Gasteiger partial charge is 0.466 e. The average Bonchev–Trinajstić information content (AvgIpc) is 3.60. The quantitative estimate of drug-likeness (QED) is 0.0229. The van der Waals surface area contributed by atoms with Crippen LogP contribution >= 0.6 is 7.82 Å². The number of ketones is 1. The van der Waals surface area contributed by atoms with Gasteiger partial charge in [0, 0.05) is 50.5 Å². The minimum atomic E-state index is -4.45. The number of furan rings is 1. The lowest BCUT2D eigenvalue weighted by molar-refractivity contribution is -0.161. The van der Waals surface area contributed by atoms with Crippen LogP contribution in [0.4, 0.5) is 0 Å². The molecule has 0 bridgehead atoms. The number of aryl methyl sites for hydroxylation is 2. The molecule has 1 heterocycles. The zero-order valence-corrected chi connectivity index (χ0v) is 36.2. The SMILES string of the molecule is CCCCC[C@H](O)/C=C/[C@H]1[C@H](O)CC(=O)[C@@H]1CCCCCCC(=O)OC[C@H](COP(=O)(O)OCCN)OC(=O)CCCCCCCCc1oc(CCC)c(C)c1C. The van der Waals surface area contributed by atoms with E-state index in [-0.39, 0.29) is 56.6 Å². The van der Waals surface area contributed by atoms with Gasteiger partial charge in [-0.2, -0.15) is 0 Å². The largest absolute Gasteiger partial charge is 0.472 e. The molecule has 0 spiro atoms. The zero-order chi connectivity index (χ0) is 42.1. The van der Waals surface area contributed by atoms with Crippen molar-refractivity contribution >= 4 is 25.5 Å². The number of Topliss-reactive ketones (excluding diaryl/α,β-unsaturated/α-hetero) is 1. The van der Waals surface area contributed by atoms with Gasteiger partial charge in [-0.1, -0.05) is 90.2 Å². The Morgan fingerprint density at radius 3 is 2.16 bits per heavy atom. The number of hydrogen-bond donors (Lipinski definition) is 4. The van der Waals surface area contributed by atoms with E-state index in [0.29, 0.717) is 25.7 Å². The second-order valence-electron chi connectivity index (χ2n) is 15.6. The molecule has 1 unspecified atom stereocenters. The summed E-state index contributed by atoms with van der Waals surface area (Å²) in [7, 11) is -4.45. The molecule has 328 valence electrons. The molecule has 1 fully saturated rings. The monoisotopic (exact) mass is 827 g/mol. The highest BCUT2D eigenvalue weighted by atomic mass is 31.2. The molecule has 5 N–H and O–H groups in total. The van der Waals surface area contributed by atoms with Crippen molar-refractivity contribution in [1.29, 1.82) is 0 Å². The number of rotatable bonds is 33. The van der Waals surface area contributed by atoms with Crippen molar-refractivity contribution in [1.82, 2.24) is 0 Å². The molecule has 1 aromatic heterocycles.